The molecule has 36 heavy (non-hydrogen) atoms. The summed E-state index contributed by atoms with van der Waals surface area (Å²) in [6.45, 7) is 1.16. The molecule has 0 atom stereocenters. The molecule has 192 valence electrons. The molecule has 0 saturated carbocycles. The number of carbonyl (C=O) groups is 1. The number of nitrogens with zero attached hydrogens (tertiary/aromatic N) is 5. The Balaban J connectivity index is 1.93. The number of aromatic nitrogens is 3. The van der Waals surface area contributed by atoms with Crippen LogP contribution in [-0.2, 0) is 16.6 Å². The lowest BCUT2D eigenvalue weighted by Gasteiger charge is -2.18. The zero-order chi connectivity index (χ0) is 26.0. The van der Waals surface area contributed by atoms with Crippen LogP contribution in [0.25, 0.3) is 22.2 Å². The van der Waals surface area contributed by atoms with Gasteiger partial charge in [0.1, 0.15) is 22.0 Å². The summed E-state index contributed by atoms with van der Waals surface area (Å²) >= 11 is 0. The number of sulfonamides is 1. The van der Waals surface area contributed by atoms with Gasteiger partial charge in [-0.25, -0.2) is 21.8 Å². The quantitative estimate of drug-likeness (QED) is 0.488. The van der Waals surface area contributed by atoms with E-state index in [-0.39, 0.29) is 29.6 Å². The summed E-state index contributed by atoms with van der Waals surface area (Å²) in [7, 11) is 0.427. The second kappa shape index (κ2) is 10.3. The Labute approximate surface area is 209 Å². The van der Waals surface area contributed by atoms with Crippen molar-refractivity contribution in [2.45, 2.75) is 24.3 Å². The molecule has 1 fully saturated rings. The molecule has 0 radical (unpaired) electrons. The molecule has 1 amide bonds. The average Bonchev–Trinajstić information content (AvgIpc) is 3.53. The summed E-state index contributed by atoms with van der Waals surface area (Å²) in [5, 5.41) is 8.35. The van der Waals surface area contributed by atoms with E-state index in [1.807, 2.05) is 0 Å². The summed E-state index contributed by atoms with van der Waals surface area (Å²) in [5.41, 5.74) is 7.67. The van der Waals surface area contributed by atoms with E-state index in [2.05, 4.69) is 10.3 Å². The minimum absolute atomic E-state index is 0.0266. The SMILES string of the molecule is COc1ccc(-c2cc(C(=O)N3CCCC3)cc3c2nnn3C/C(F)=C/CN)cc1S(=O)(=O)N(C)C. The topological polar surface area (TPSA) is 124 Å². The molecule has 2 N–H and O–H groups in total. The third-order valence-corrected chi connectivity index (χ3v) is 7.97. The van der Waals surface area contributed by atoms with Crippen molar-refractivity contribution in [1.82, 2.24) is 24.2 Å². The fraction of sp³-hybridized carbons (Fsp3) is 0.375. The van der Waals surface area contributed by atoms with Crippen LogP contribution in [0.4, 0.5) is 4.39 Å². The summed E-state index contributed by atoms with van der Waals surface area (Å²) in [6, 6.07) is 8.07. The second-order valence-electron chi connectivity index (χ2n) is 8.68. The molecule has 0 aliphatic carbocycles. The maximum Gasteiger partial charge on any atom is 0.253 e. The lowest BCUT2D eigenvalue weighted by molar-refractivity contribution is 0.0793. The van der Waals surface area contributed by atoms with Crippen molar-refractivity contribution < 1.29 is 22.3 Å². The number of allylic oxidation sites excluding steroid dienone is 1. The average molecular weight is 517 g/mol. The largest absolute Gasteiger partial charge is 0.495 e. The Morgan fingerprint density at radius 1 is 1.22 bits per heavy atom. The third kappa shape index (κ3) is 4.84. The van der Waals surface area contributed by atoms with E-state index < -0.39 is 15.9 Å². The van der Waals surface area contributed by atoms with E-state index in [0.29, 0.717) is 40.8 Å². The van der Waals surface area contributed by atoms with Crippen molar-refractivity contribution >= 4 is 27.0 Å². The van der Waals surface area contributed by atoms with E-state index >= 15 is 0 Å². The molecule has 0 spiro atoms. The standard InChI is InChI=1S/C24H29FN6O4S/c1-29(2)36(33,34)22-14-16(6-7-21(22)35-3)19-12-17(24(32)30-10-4-5-11-30)13-20-23(19)27-28-31(20)15-18(25)8-9-26/h6-8,12-14H,4-5,9-11,15,26H2,1-3H3/b18-8-. The van der Waals surface area contributed by atoms with Crippen LogP contribution in [-0.4, -0.2) is 79.4 Å². The number of hydrogen-bond acceptors (Lipinski definition) is 7. The van der Waals surface area contributed by atoms with E-state index in [0.717, 1.165) is 17.1 Å². The predicted molar refractivity (Wildman–Crippen MR) is 134 cm³/mol. The highest BCUT2D eigenvalue weighted by Gasteiger charge is 2.26. The number of nitrogens with two attached hydrogens (primary N) is 1. The van der Waals surface area contributed by atoms with Crippen molar-refractivity contribution in [3.63, 3.8) is 0 Å². The lowest BCUT2D eigenvalue weighted by atomic mass is 10.00. The van der Waals surface area contributed by atoms with Gasteiger partial charge in [-0.1, -0.05) is 11.3 Å². The number of halogens is 1. The van der Waals surface area contributed by atoms with Crippen LogP contribution in [0.3, 0.4) is 0 Å². The normalized spacial score (nSPS) is 14.7. The Morgan fingerprint density at radius 3 is 2.58 bits per heavy atom. The van der Waals surface area contributed by atoms with Gasteiger partial charge in [0.25, 0.3) is 5.91 Å². The summed E-state index contributed by atoms with van der Waals surface area (Å²) in [4.78, 5) is 15.0. The molecule has 2 heterocycles. The first-order valence-electron chi connectivity index (χ1n) is 11.5. The second-order valence-corrected chi connectivity index (χ2v) is 10.8. The number of rotatable bonds is 8. The highest BCUT2D eigenvalue weighted by molar-refractivity contribution is 7.89. The van der Waals surface area contributed by atoms with Gasteiger partial charge in [-0.2, -0.15) is 0 Å². The van der Waals surface area contributed by atoms with Gasteiger partial charge in [0, 0.05) is 44.9 Å². The molecular formula is C24H29FN6O4S. The van der Waals surface area contributed by atoms with E-state index in [4.69, 9.17) is 10.5 Å². The fourth-order valence-electron chi connectivity index (χ4n) is 4.21. The number of carbonyl (C=O) groups excluding carboxylic acids is 1. The molecule has 2 aromatic carbocycles. The van der Waals surface area contributed by atoms with Crippen molar-refractivity contribution in [3.8, 4) is 16.9 Å². The zero-order valence-electron chi connectivity index (χ0n) is 20.4. The maximum atomic E-state index is 14.3. The Bertz CT molecular complexity index is 1430. The number of benzene rings is 2. The predicted octanol–water partition coefficient (Wildman–Crippen LogP) is 2.41. The van der Waals surface area contributed by atoms with Gasteiger partial charge in [0.15, 0.2) is 0 Å². The number of likely N-dealkylation sites (tertiary alicyclic amines) is 1. The minimum atomic E-state index is -3.84. The molecular weight excluding hydrogens is 487 g/mol. The van der Waals surface area contributed by atoms with Crippen LogP contribution in [0.5, 0.6) is 5.75 Å². The lowest BCUT2D eigenvalue weighted by Crippen LogP contribution is -2.27. The Hall–Kier alpha value is -3.35. The van der Waals surface area contributed by atoms with Crippen LogP contribution in [0, 0.1) is 0 Å². The van der Waals surface area contributed by atoms with Gasteiger partial charge >= 0.3 is 0 Å². The number of hydrogen-bond donors (Lipinski definition) is 1. The molecule has 3 aromatic rings. The first-order valence-corrected chi connectivity index (χ1v) is 12.9. The van der Waals surface area contributed by atoms with Gasteiger partial charge in [-0.05, 0) is 48.7 Å². The van der Waals surface area contributed by atoms with Gasteiger partial charge in [0.2, 0.25) is 10.0 Å². The smallest absolute Gasteiger partial charge is 0.253 e. The van der Waals surface area contributed by atoms with E-state index in [1.54, 1.807) is 29.2 Å². The van der Waals surface area contributed by atoms with Crippen molar-refractivity contribution in [3.05, 3.63) is 47.8 Å². The van der Waals surface area contributed by atoms with Crippen LogP contribution < -0.4 is 10.5 Å². The van der Waals surface area contributed by atoms with Gasteiger partial charge in [0.05, 0.1) is 19.2 Å². The summed E-state index contributed by atoms with van der Waals surface area (Å²) < 4.78 is 48.0. The maximum absolute atomic E-state index is 14.3. The van der Waals surface area contributed by atoms with Crippen molar-refractivity contribution in [1.29, 1.82) is 0 Å². The number of fused-ring (bicyclic) bond motifs is 1. The van der Waals surface area contributed by atoms with E-state index in [1.165, 1.54) is 38.0 Å². The molecule has 12 heteroatoms. The minimum Gasteiger partial charge on any atom is -0.495 e. The van der Waals surface area contributed by atoms with Crippen molar-refractivity contribution in [2.24, 2.45) is 5.73 Å². The first-order chi connectivity index (χ1) is 17.2. The van der Waals surface area contributed by atoms with Crippen LogP contribution in [0.15, 0.2) is 47.1 Å². The molecule has 0 bridgehead atoms. The monoisotopic (exact) mass is 516 g/mol. The molecule has 10 nitrogen and oxygen atoms in total. The Kier molecular flexibility index (Phi) is 7.38. The zero-order valence-corrected chi connectivity index (χ0v) is 21.3. The number of amides is 1. The molecule has 1 aliphatic rings. The third-order valence-electron chi connectivity index (χ3n) is 6.13. The number of methoxy groups -OCH3 is 1. The van der Waals surface area contributed by atoms with Gasteiger partial charge in [-0.3, -0.25) is 4.79 Å². The van der Waals surface area contributed by atoms with Crippen molar-refractivity contribution in [2.75, 3.05) is 40.8 Å². The molecule has 0 unspecified atom stereocenters. The fourth-order valence-corrected chi connectivity index (χ4v) is 5.28. The highest BCUT2D eigenvalue weighted by atomic mass is 32.2. The van der Waals surface area contributed by atoms with E-state index in [9.17, 15) is 17.6 Å². The molecule has 4 rings (SSSR count). The van der Waals surface area contributed by atoms with Crippen LogP contribution in [0.2, 0.25) is 0 Å². The van der Waals surface area contributed by atoms with Crippen LogP contribution >= 0.6 is 0 Å². The molecule has 1 saturated heterocycles. The highest BCUT2D eigenvalue weighted by Crippen LogP contribution is 2.35. The van der Waals surface area contributed by atoms with Gasteiger partial charge in [-0.15, -0.1) is 5.10 Å². The van der Waals surface area contributed by atoms with Gasteiger partial charge < -0.3 is 15.4 Å². The summed E-state index contributed by atoms with van der Waals surface area (Å²) in [6.07, 6.45) is 3.11. The molecule has 1 aliphatic heterocycles. The summed E-state index contributed by atoms with van der Waals surface area (Å²) in [5.74, 6) is -0.451. The number of ether oxygens (including phenoxy) is 1. The Morgan fingerprint density at radius 2 is 1.94 bits per heavy atom. The first kappa shape index (κ1) is 25.7. The van der Waals surface area contributed by atoms with Crippen LogP contribution in [0.1, 0.15) is 23.2 Å². The molecule has 1 aromatic heterocycles.